The third kappa shape index (κ3) is 10.6. The van der Waals surface area contributed by atoms with Gasteiger partial charge in [0, 0.05) is 70.0 Å². The minimum atomic E-state index is 0.987. The van der Waals surface area contributed by atoms with Crippen LogP contribution in [-0.4, -0.2) is 13.1 Å². The van der Waals surface area contributed by atoms with Gasteiger partial charge >= 0.3 is 0 Å². The molecule has 0 fully saturated rings. The smallest absolute Gasteiger partial charge is 0.0465 e. The number of benzene rings is 12. The monoisotopic (exact) mass is 1080 g/mol. The molecule has 2 aliphatic rings. The van der Waals surface area contributed by atoms with Crippen LogP contribution in [0.5, 0.6) is 0 Å². The van der Waals surface area contributed by atoms with Crippen molar-refractivity contribution in [1.82, 2.24) is 0 Å². The molecule has 0 amide bonds. The molecule has 0 saturated heterocycles. The number of hydrogen-bond donors (Lipinski definition) is 0. The third-order valence-electron chi connectivity index (χ3n) is 16.7. The maximum Gasteiger partial charge on any atom is 0.0465 e. The Bertz CT molecular complexity index is 3910. The summed E-state index contributed by atoms with van der Waals surface area (Å²) in [5.41, 5.74) is 26.3. The molecule has 0 bridgehead atoms. The molecule has 0 radical (unpaired) electrons. The molecule has 4 nitrogen and oxygen atoms in total. The average molecular weight is 1080 g/mol. The van der Waals surface area contributed by atoms with Crippen molar-refractivity contribution in [3.63, 3.8) is 0 Å². The molecule has 0 N–H and O–H groups in total. The third-order valence-corrected chi connectivity index (χ3v) is 16.7. The Balaban J connectivity index is 0.811. The van der Waals surface area contributed by atoms with Crippen molar-refractivity contribution in [3.8, 4) is 22.3 Å². The molecule has 84 heavy (non-hydrogen) atoms. The van der Waals surface area contributed by atoms with Gasteiger partial charge in [0.05, 0.1) is 0 Å². The quantitative estimate of drug-likeness (QED) is 0.101. The van der Waals surface area contributed by atoms with E-state index in [0.717, 1.165) is 95.2 Å². The number of fused-ring (bicyclic) bond motifs is 2. The van der Waals surface area contributed by atoms with Crippen LogP contribution in [0.4, 0.5) is 56.9 Å². The van der Waals surface area contributed by atoms with Gasteiger partial charge in [-0.3, -0.25) is 0 Å². The number of aryl methyl sites for hydroxylation is 2. The van der Waals surface area contributed by atoms with Crippen molar-refractivity contribution in [2.75, 3.05) is 32.7 Å². The highest BCUT2D eigenvalue weighted by Gasteiger charge is 2.25. The predicted octanol–water partition coefficient (Wildman–Crippen LogP) is 21.1. The van der Waals surface area contributed by atoms with Crippen LogP contribution in [0.25, 0.3) is 33.4 Å². The number of rotatable bonds is 14. The highest BCUT2D eigenvalue weighted by Crippen LogP contribution is 2.45. The molecule has 4 heteroatoms. The van der Waals surface area contributed by atoms with Crippen LogP contribution in [0.15, 0.2) is 315 Å². The minimum absolute atomic E-state index is 0.987. The average Bonchev–Trinajstić information content (AvgIpc) is 2.73. The fourth-order valence-electron chi connectivity index (χ4n) is 12.6. The van der Waals surface area contributed by atoms with Gasteiger partial charge in [-0.05, 0) is 202 Å². The fraction of sp³-hybridized carbons (Fsp3) is 0.0750. The van der Waals surface area contributed by atoms with E-state index in [1.54, 1.807) is 0 Å². The summed E-state index contributed by atoms with van der Waals surface area (Å²) in [6.07, 6.45) is 4.23. The molecule has 0 aromatic heterocycles. The van der Waals surface area contributed by atoms with Gasteiger partial charge < -0.3 is 19.6 Å². The SMILES string of the molecule is c1ccc(/C(=C(/c2ccccc2)c2ccc(N(c3ccccc3)c3ccc4c(c3)CCCN4c3ccc(-c4ccccc4)cc3)cc2)c2ccc(N(c3ccccc3)c3ccc4c(c3)CCCN4c3ccc(-c4ccccc4)cc3)cc2)cc1. The summed E-state index contributed by atoms with van der Waals surface area (Å²) in [7, 11) is 0. The Morgan fingerprint density at radius 3 is 0.893 bits per heavy atom. The summed E-state index contributed by atoms with van der Waals surface area (Å²) in [6, 6.07) is 115. The highest BCUT2D eigenvalue weighted by molar-refractivity contribution is 6.05. The molecule has 14 rings (SSSR count). The zero-order chi connectivity index (χ0) is 56.0. The van der Waals surface area contributed by atoms with Crippen molar-refractivity contribution in [3.05, 3.63) is 349 Å². The lowest BCUT2D eigenvalue weighted by Crippen LogP contribution is -2.24. The van der Waals surface area contributed by atoms with Gasteiger partial charge in [-0.15, -0.1) is 0 Å². The number of hydrogen-bond acceptors (Lipinski definition) is 4. The molecule has 0 atom stereocenters. The molecule has 2 aliphatic heterocycles. The predicted molar refractivity (Wildman–Crippen MR) is 355 cm³/mol. The molecule has 0 saturated carbocycles. The van der Waals surface area contributed by atoms with Gasteiger partial charge in [0.15, 0.2) is 0 Å². The van der Waals surface area contributed by atoms with Gasteiger partial charge in [0.25, 0.3) is 0 Å². The molecule has 12 aromatic rings. The van der Waals surface area contributed by atoms with E-state index >= 15 is 0 Å². The summed E-state index contributed by atoms with van der Waals surface area (Å²) in [5, 5.41) is 0. The van der Waals surface area contributed by atoms with E-state index in [1.807, 2.05) is 0 Å². The lowest BCUT2D eigenvalue weighted by atomic mass is 9.85. The first-order chi connectivity index (χ1) is 41.7. The van der Waals surface area contributed by atoms with E-state index in [9.17, 15) is 0 Å². The van der Waals surface area contributed by atoms with Crippen molar-refractivity contribution < 1.29 is 0 Å². The van der Waals surface area contributed by atoms with Crippen LogP contribution in [0.1, 0.15) is 46.2 Å². The first-order valence-corrected chi connectivity index (χ1v) is 29.6. The molecule has 0 aliphatic carbocycles. The summed E-state index contributed by atoms with van der Waals surface area (Å²) in [6.45, 7) is 1.97. The van der Waals surface area contributed by atoms with Crippen LogP contribution >= 0.6 is 0 Å². The van der Waals surface area contributed by atoms with Crippen LogP contribution in [0.3, 0.4) is 0 Å². The Morgan fingerprint density at radius 2 is 0.536 bits per heavy atom. The van der Waals surface area contributed by atoms with Crippen LogP contribution in [0, 0.1) is 0 Å². The molecular formula is C80H64N4. The van der Waals surface area contributed by atoms with Gasteiger partial charge in [-0.2, -0.15) is 0 Å². The summed E-state index contributed by atoms with van der Waals surface area (Å²) in [4.78, 5) is 9.79. The first kappa shape index (κ1) is 51.7. The minimum Gasteiger partial charge on any atom is -0.341 e. The van der Waals surface area contributed by atoms with E-state index < -0.39 is 0 Å². The Morgan fingerprint density at radius 1 is 0.250 bits per heavy atom. The van der Waals surface area contributed by atoms with E-state index in [4.69, 9.17) is 0 Å². The number of para-hydroxylation sites is 2. The highest BCUT2D eigenvalue weighted by atomic mass is 15.2. The molecule has 12 aromatic carbocycles. The second kappa shape index (κ2) is 23.6. The molecular weight excluding hydrogens is 1020 g/mol. The molecule has 404 valence electrons. The second-order valence-electron chi connectivity index (χ2n) is 21.9. The van der Waals surface area contributed by atoms with Crippen molar-refractivity contribution in [2.24, 2.45) is 0 Å². The lowest BCUT2D eigenvalue weighted by Gasteiger charge is -2.33. The number of anilines is 10. The molecule has 0 unspecified atom stereocenters. The fourth-order valence-corrected chi connectivity index (χ4v) is 12.6. The Kier molecular flexibility index (Phi) is 14.5. The van der Waals surface area contributed by atoms with Crippen molar-refractivity contribution in [2.45, 2.75) is 25.7 Å². The molecule has 2 heterocycles. The van der Waals surface area contributed by atoms with Gasteiger partial charge in [0.2, 0.25) is 0 Å². The van der Waals surface area contributed by atoms with Gasteiger partial charge in [-0.1, -0.05) is 206 Å². The second-order valence-corrected chi connectivity index (χ2v) is 21.9. The van der Waals surface area contributed by atoms with Gasteiger partial charge in [0.1, 0.15) is 0 Å². The van der Waals surface area contributed by atoms with Gasteiger partial charge in [-0.25, -0.2) is 0 Å². The first-order valence-electron chi connectivity index (χ1n) is 29.6. The van der Waals surface area contributed by atoms with E-state index in [-0.39, 0.29) is 0 Å². The van der Waals surface area contributed by atoms with Crippen molar-refractivity contribution in [1.29, 1.82) is 0 Å². The summed E-state index contributed by atoms with van der Waals surface area (Å²) in [5.74, 6) is 0. The Labute approximate surface area is 494 Å². The van der Waals surface area contributed by atoms with E-state index in [2.05, 4.69) is 335 Å². The zero-order valence-electron chi connectivity index (χ0n) is 47.1. The van der Waals surface area contributed by atoms with Crippen molar-refractivity contribution >= 4 is 68.0 Å². The zero-order valence-corrected chi connectivity index (χ0v) is 47.1. The number of nitrogens with zero attached hydrogens (tertiary/aromatic N) is 4. The van der Waals surface area contributed by atoms with E-state index in [0.29, 0.717) is 0 Å². The maximum absolute atomic E-state index is 2.49. The lowest BCUT2D eigenvalue weighted by molar-refractivity contribution is 0.767. The van der Waals surface area contributed by atoms with Crippen LogP contribution < -0.4 is 19.6 Å². The van der Waals surface area contributed by atoms with E-state index in [1.165, 1.54) is 67.3 Å². The van der Waals surface area contributed by atoms with Crippen LogP contribution in [0.2, 0.25) is 0 Å². The largest absolute Gasteiger partial charge is 0.341 e. The van der Waals surface area contributed by atoms with Crippen LogP contribution in [-0.2, 0) is 12.8 Å². The standard InChI is InChI=1S/C80H64N4/c1-7-21-59(22-8-1)61-35-43-69(44-36-61)81-55-19-29-67-57-75(51-53-77(67)81)83(71-31-15-5-16-32-71)73-47-39-65(40-48-73)79(63-25-11-3-12-26-63)80(64-27-13-4-14-28-64)66-41-49-74(50-42-66)84(72-33-17-6-18-34-72)76-52-54-78-68(58-76)30-20-56-82(78)70-45-37-62(38-46-70)60-23-9-2-10-24-60/h1-18,21-28,31-54,57-58H,19-20,29-30,55-56H2/b80-79+. The topological polar surface area (TPSA) is 13.0 Å². The summed E-state index contributed by atoms with van der Waals surface area (Å²) >= 11 is 0. The molecule has 0 spiro atoms. The summed E-state index contributed by atoms with van der Waals surface area (Å²) < 4.78 is 0. The normalized spacial score (nSPS) is 13.1. The Hall–Kier alpha value is -10.4. The maximum atomic E-state index is 2.49.